The molecule has 7 nitrogen and oxygen atoms in total. The van der Waals surface area contributed by atoms with Crippen molar-refractivity contribution in [2.24, 2.45) is 0 Å². The molecule has 2 rings (SSSR count). The maximum Gasteiger partial charge on any atom is 0.223 e. The first-order chi connectivity index (χ1) is 9.40. The number of aliphatic hydroxyl groups excluding tert-OH is 2. The van der Waals surface area contributed by atoms with Gasteiger partial charge in [0, 0.05) is 6.54 Å². The van der Waals surface area contributed by atoms with Crippen molar-refractivity contribution in [2.75, 3.05) is 5.73 Å². The number of nitrogens with zero attached hydrogens (tertiary/aromatic N) is 4. The zero-order chi connectivity index (χ0) is 14.9. The first-order valence-electron chi connectivity index (χ1n) is 6.08. The molecule has 0 fully saturated rings. The second kappa shape index (κ2) is 5.64. The minimum atomic E-state index is -0.924. The van der Waals surface area contributed by atoms with E-state index in [0.717, 1.165) is 0 Å². The molecule has 4 N–H and O–H groups in total. The summed E-state index contributed by atoms with van der Waals surface area (Å²) in [4.78, 5) is 12.0. The fourth-order valence-electron chi connectivity index (χ4n) is 1.82. The van der Waals surface area contributed by atoms with E-state index in [0.29, 0.717) is 29.7 Å². The summed E-state index contributed by atoms with van der Waals surface area (Å²) < 4.78 is 1.71. The lowest BCUT2D eigenvalue weighted by Crippen LogP contribution is -2.14. The van der Waals surface area contributed by atoms with Crippen LogP contribution in [0, 0.1) is 0 Å². The lowest BCUT2D eigenvalue weighted by atomic mass is 10.1. The van der Waals surface area contributed by atoms with Gasteiger partial charge < -0.3 is 20.5 Å². The summed E-state index contributed by atoms with van der Waals surface area (Å²) in [5.74, 6) is 0.0542. The maximum atomic E-state index is 9.84. The van der Waals surface area contributed by atoms with E-state index in [9.17, 15) is 10.2 Å². The molecule has 1 unspecified atom stereocenters. The molecule has 20 heavy (non-hydrogen) atoms. The topological polar surface area (TPSA) is 110 Å². The number of aryl methyl sites for hydroxylation is 1. The Morgan fingerprint density at radius 2 is 2.15 bits per heavy atom. The third kappa shape index (κ3) is 2.83. The van der Waals surface area contributed by atoms with E-state index in [-0.39, 0.29) is 16.9 Å². The van der Waals surface area contributed by atoms with Gasteiger partial charge in [0.05, 0.1) is 6.33 Å². The van der Waals surface area contributed by atoms with Crippen LogP contribution >= 0.6 is 11.6 Å². The Bertz CT molecular complexity index is 663. The highest BCUT2D eigenvalue weighted by Crippen LogP contribution is 2.20. The number of nitrogen functional groups attached to an aromatic ring is 1. The highest BCUT2D eigenvalue weighted by atomic mass is 35.5. The molecule has 0 saturated carbocycles. The Morgan fingerprint density at radius 1 is 1.45 bits per heavy atom. The van der Waals surface area contributed by atoms with Crippen molar-refractivity contribution in [1.29, 1.82) is 0 Å². The number of rotatable bonds is 4. The fraction of sp³-hybridized carbons (Fsp3) is 0.417. The molecule has 2 aromatic heterocycles. The summed E-state index contributed by atoms with van der Waals surface area (Å²) in [7, 11) is 0. The van der Waals surface area contributed by atoms with Gasteiger partial charge in [-0.15, -0.1) is 0 Å². The van der Waals surface area contributed by atoms with Crippen LogP contribution in [0.1, 0.15) is 20.3 Å². The van der Waals surface area contributed by atoms with Gasteiger partial charge in [0.25, 0.3) is 0 Å². The second-order valence-corrected chi connectivity index (χ2v) is 5.03. The summed E-state index contributed by atoms with van der Waals surface area (Å²) in [6, 6.07) is 0. The van der Waals surface area contributed by atoms with Crippen LogP contribution in [-0.4, -0.2) is 35.8 Å². The Hall–Kier alpha value is -1.86. The fourth-order valence-corrected chi connectivity index (χ4v) is 2.04. The Balaban J connectivity index is 2.21. The van der Waals surface area contributed by atoms with Gasteiger partial charge in [-0.1, -0.05) is 11.6 Å². The molecular weight excluding hydrogens is 282 g/mol. The second-order valence-electron chi connectivity index (χ2n) is 4.67. The van der Waals surface area contributed by atoms with Crippen molar-refractivity contribution in [1.82, 2.24) is 19.5 Å². The van der Waals surface area contributed by atoms with Crippen molar-refractivity contribution < 1.29 is 10.2 Å². The summed E-state index contributed by atoms with van der Waals surface area (Å²) >= 11 is 5.93. The van der Waals surface area contributed by atoms with Gasteiger partial charge in [-0.3, -0.25) is 0 Å². The lowest BCUT2D eigenvalue weighted by molar-refractivity contribution is 0.138. The standard InChI is InChI=1S/C12H16ClN5O2/c1-6(2)9(20)7(19)3-4-18-5-15-8-10(13)16-12(14)17-11(8)18/h5,7,19-20H,3-4H2,1-2H3,(H2,14,16,17). The SMILES string of the molecule is CC(C)=C(O)C(O)CCn1cnc2c(Cl)nc(N)nc21. The normalized spacial score (nSPS) is 12.6. The third-order valence-electron chi connectivity index (χ3n) is 2.91. The van der Waals surface area contributed by atoms with Gasteiger partial charge in [0.15, 0.2) is 10.8 Å². The Morgan fingerprint density at radius 3 is 2.80 bits per heavy atom. The molecule has 0 aliphatic rings. The number of imidazole rings is 1. The smallest absolute Gasteiger partial charge is 0.223 e. The van der Waals surface area contributed by atoms with Gasteiger partial charge >= 0.3 is 0 Å². The quantitative estimate of drug-likeness (QED) is 0.585. The van der Waals surface area contributed by atoms with E-state index >= 15 is 0 Å². The zero-order valence-corrected chi connectivity index (χ0v) is 12.0. The first kappa shape index (κ1) is 14.5. The summed E-state index contributed by atoms with van der Waals surface area (Å²) in [6.45, 7) is 3.89. The highest BCUT2D eigenvalue weighted by molar-refractivity contribution is 6.33. The molecule has 0 bridgehead atoms. The van der Waals surface area contributed by atoms with Gasteiger partial charge in [0.1, 0.15) is 17.4 Å². The van der Waals surface area contributed by atoms with Crippen molar-refractivity contribution in [2.45, 2.75) is 32.9 Å². The largest absolute Gasteiger partial charge is 0.510 e. The van der Waals surface area contributed by atoms with Gasteiger partial charge in [0.2, 0.25) is 5.95 Å². The van der Waals surface area contributed by atoms with Crippen LogP contribution in [0.25, 0.3) is 11.2 Å². The molecule has 0 radical (unpaired) electrons. The molecule has 108 valence electrons. The molecule has 0 aromatic carbocycles. The molecule has 2 heterocycles. The van der Waals surface area contributed by atoms with E-state index in [2.05, 4.69) is 15.0 Å². The van der Waals surface area contributed by atoms with E-state index in [1.54, 1.807) is 24.7 Å². The maximum absolute atomic E-state index is 9.84. The molecular formula is C12H16ClN5O2. The van der Waals surface area contributed by atoms with Crippen LogP contribution in [0.2, 0.25) is 5.15 Å². The average Bonchev–Trinajstić information content (AvgIpc) is 2.78. The van der Waals surface area contributed by atoms with Gasteiger partial charge in [-0.05, 0) is 25.8 Å². The molecule has 2 aromatic rings. The molecule has 0 saturated heterocycles. The zero-order valence-electron chi connectivity index (χ0n) is 11.2. The van der Waals surface area contributed by atoms with Crippen LogP contribution in [0.3, 0.4) is 0 Å². The number of aromatic nitrogens is 4. The molecule has 1 atom stereocenters. The van der Waals surface area contributed by atoms with Crippen LogP contribution < -0.4 is 5.73 Å². The van der Waals surface area contributed by atoms with E-state index < -0.39 is 6.10 Å². The minimum absolute atomic E-state index is 0.0124. The van der Waals surface area contributed by atoms with Crippen molar-refractivity contribution in [3.63, 3.8) is 0 Å². The van der Waals surface area contributed by atoms with E-state index in [1.165, 1.54) is 0 Å². The number of nitrogens with two attached hydrogens (primary N) is 1. The highest BCUT2D eigenvalue weighted by Gasteiger charge is 2.14. The Labute approximate surface area is 120 Å². The molecule has 8 heteroatoms. The number of halogens is 1. The van der Waals surface area contributed by atoms with Crippen LogP contribution in [0.5, 0.6) is 0 Å². The van der Waals surface area contributed by atoms with E-state index in [4.69, 9.17) is 17.3 Å². The first-order valence-corrected chi connectivity index (χ1v) is 6.46. The van der Waals surface area contributed by atoms with Crippen molar-refractivity contribution in [3.8, 4) is 0 Å². The number of anilines is 1. The van der Waals surface area contributed by atoms with E-state index in [1.807, 2.05) is 0 Å². The predicted molar refractivity (Wildman–Crippen MR) is 76.4 cm³/mol. The molecule has 0 spiro atoms. The monoisotopic (exact) mass is 297 g/mol. The predicted octanol–water partition coefficient (Wildman–Crippen LogP) is 1.66. The number of allylic oxidation sites excluding steroid dienone is 1. The van der Waals surface area contributed by atoms with Crippen molar-refractivity contribution in [3.05, 3.63) is 22.8 Å². The summed E-state index contributed by atoms with van der Waals surface area (Å²) in [5, 5.41) is 19.7. The number of hydrogen-bond acceptors (Lipinski definition) is 6. The molecule has 0 amide bonds. The molecule has 0 aliphatic heterocycles. The summed E-state index contributed by atoms with van der Waals surface area (Å²) in [5.41, 5.74) is 7.20. The lowest BCUT2D eigenvalue weighted by Gasteiger charge is -2.12. The summed E-state index contributed by atoms with van der Waals surface area (Å²) in [6.07, 6.45) is 0.952. The van der Waals surface area contributed by atoms with Crippen molar-refractivity contribution >= 4 is 28.7 Å². The number of hydrogen-bond donors (Lipinski definition) is 3. The minimum Gasteiger partial charge on any atom is -0.510 e. The number of aliphatic hydroxyl groups is 2. The average molecular weight is 298 g/mol. The van der Waals surface area contributed by atoms with Crippen LogP contribution in [0.15, 0.2) is 17.7 Å². The van der Waals surface area contributed by atoms with Gasteiger partial charge in [-0.25, -0.2) is 4.98 Å². The number of fused-ring (bicyclic) bond motifs is 1. The molecule has 0 aliphatic carbocycles. The Kier molecular flexibility index (Phi) is 4.10. The van der Waals surface area contributed by atoms with Crippen LogP contribution in [-0.2, 0) is 6.54 Å². The van der Waals surface area contributed by atoms with Crippen LogP contribution in [0.4, 0.5) is 5.95 Å². The van der Waals surface area contributed by atoms with Gasteiger partial charge in [-0.2, -0.15) is 9.97 Å². The third-order valence-corrected chi connectivity index (χ3v) is 3.17.